The summed E-state index contributed by atoms with van der Waals surface area (Å²) in [5.41, 5.74) is 0.953. The van der Waals surface area contributed by atoms with Gasteiger partial charge in [0.25, 0.3) is 5.91 Å². The Morgan fingerprint density at radius 3 is 2.29 bits per heavy atom. The predicted octanol–water partition coefficient (Wildman–Crippen LogP) is 5.29. The molecular weight excluding hydrogens is 315 g/mol. The van der Waals surface area contributed by atoms with Gasteiger partial charge in [0, 0.05) is 11.6 Å². The normalized spacial score (nSPS) is 12.7. The highest BCUT2D eigenvalue weighted by Gasteiger charge is 2.30. The number of nitrogens with one attached hydrogen (secondary N) is 1. The molecule has 128 valence electrons. The summed E-state index contributed by atoms with van der Waals surface area (Å²) in [5.74, 6) is -0.216. The van der Waals surface area contributed by atoms with Gasteiger partial charge in [-0.15, -0.1) is 0 Å². The van der Waals surface area contributed by atoms with E-state index >= 15 is 0 Å². The fourth-order valence-electron chi connectivity index (χ4n) is 2.58. The predicted molar refractivity (Wildman–Crippen MR) is 88.7 cm³/mol. The molecule has 2 aromatic rings. The first-order valence-electron chi connectivity index (χ1n) is 7.90. The maximum atomic E-state index is 12.7. The third-order valence-corrected chi connectivity index (χ3v) is 3.79. The number of halogens is 3. The molecule has 0 aliphatic rings. The van der Waals surface area contributed by atoms with Gasteiger partial charge in [0.15, 0.2) is 0 Å². The maximum absolute atomic E-state index is 12.7. The van der Waals surface area contributed by atoms with Gasteiger partial charge in [-0.3, -0.25) is 4.79 Å². The second-order valence-corrected chi connectivity index (χ2v) is 5.78. The van der Waals surface area contributed by atoms with Crippen LogP contribution >= 0.6 is 0 Å². The van der Waals surface area contributed by atoms with E-state index in [4.69, 9.17) is 0 Å². The molecule has 0 aliphatic heterocycles. The van der Waals surface area contributed by atoms with Crippen molar-refractivity contribution < 1.29 is 18.0 Å². The van der Waals surface area contributed by atoms with Gasteiger partial charge in [0.05, 0.1) is 5.56 Å². The smallest absolute Gasteiger partial charge is 0.350 e. The Morgan fingerprint density at radius 1 is 1.08 bits per heavy atom. The molecule has 2 aromatic carbocycles. The van der Waals surface area contributed by atoms with E-state index in [0.29, 0.717) is 16.7 Å². The van der Waals surface area contributed by atoms with Crippen molar-refractivity contribution >= 4 is 5.91 Å². The standard InChI is InChI=1S/C19H20F3NO/c1-3-6-13(2)23-18(24)17-8-5-4-7-16(17)14-9-11-15(12-10-14)19(20,21)22/h4-5,7-13H,3,6H2,1-2H3,(H,23,24). The number of hydrogen-bond donors (Lipinski definition) is 1. The van der Waals surface area contributed by atoms with Gasteiger partial charge in [0.1, 0.15) is 0 Å². The summed E-state index contributed by atoms with van der Waals surface area (Å²) in [6, 6.07) is 11.8. The lowest BCUT2D eigenvalue weighted by Gasteiger charge is -2.15. The largest absolute Gasteiger partial charge is 0.416 e. The van der Waals surface area contributed by atoms with Gasteiger partial charge in [-0.2, -0.15) is 13.2 Å². The van der Waals surface area contributed by atoms with Crippen molar-refractivity contribution in [2.75, 3.05) is 0 Å². The van der Waals surface area contributed by atoms with Crippen LogP contribution in [0.5, 0.6) is 0 Å². The minimum Gasteiger partial charge on any atom is -0.350 e. The minimum absolute atomic E-state index is 0.0446. The molecular formula is C19H20F3NO. The summed E-state index contributed by atoms with van der Waals surface area (Å²) in [6.07, 6.45) is -2.54. The van der Waals surface area contributed by atoms with Crippen molar-refractivity contribution in [2.45, 2.75) is 38.9 Å². The van der Waals surface area contributed by atoms with E-state index in [0.717, 1.165) is 25.0 Å². The van der Waals surface area contributed by atoms with E-state index in [2.05, 4.69) is 5.32 Å². The van der Waals surface area contributed by atoms with Crippen LogP contribution in [0.3, 0.4) is 0 Å². The third-order valence-electron chi connectivity index (χ3n) is 3.79. The molecule has 1 N–H and O–H groups in total. The average Bonchev–Trinajstić information content (AvgIpc) is 2.54. The van der Waals surface area contributed by atoms with Crippen molar-refractivity contribution in [2.24, 2.45) is 0 Å². The van der Waals surface area contributed by atoms with Crippen molar-refractivity contribution in [3.8, 4) is 11.1 Å². The first kappa shape index (κ1) is 18.0. The molecule has 0 spiro atoms. The summed E-state index contributed by atoms with van der Waals surface area (Å²) in [4.78, 5) is 12.5. The van der Waals surface area contributed by atoms with Crippen LogP contribution in [0, 0.1) is 0 Å². The highest BCUT2D eigenvalue weighted by atomic mass is 19.4. The molecule has 2 nitrogen and oxygen atoms in total. The van der Waals surface area contributed by atoms with E-state index < -0.39 is 11.7 Å². The van der Waals surface area contributed by atoms with E-state index in [9.17, 15) is 18.0 Å². The van der Waals surface area contributed by atoms with Gasteiger partial charge < -0.3 is 5.32 Å². The van der Waals surface area contributed by atoms with Gasteiger partial charge in [-0.1, -0.05) is 43.7 Å². The van der Waals surface area contributed by atoms with E-state index in [1.807, 2.05) is 13.8 Å². The molecule has 24 heavy (non-hydrogen) atoms. The molecule has 0 fully saturated rings. The topological polar surface area (TPSA) is 29.1 Å². The van der Waals surface area contributed by atoms with Crippen molar-refractivity contribution in [3.63, 3.8) is 0 Å². The van der Waals surface area contributed by atoms with Crippen LogP contribution in [-0.4, -0.2) is 11.9 Å². The molecule has 1 unspecified atom stereocenters. The summed E-state index contributed by atoms with van der Waals surface area (Å²) >= 11 is 0. The molecule has 0 heterocycles. The second-order valence-electron chi connectivity index (χ2n) is 5.78. The Hall–Kier alpha value is -2.30. The SMILES string of the molecule is CCCC(C)NC(=O)c1ccccc1-c1ccc(C(F)(F)F)cc1. The molecule has 2 rings (SSSR count). The van der Waals surface area contributed by atoms with Crippen LogP contribution in [-0.2, 0) is 6.18 Å². The molecule has 0 bridgehead atoms. The number of rotatable bonds is 5. The monoisotopic (exact) mass is 335 g/mol. The molecule has 0 aromatic heterocycles. The number of carbonyl (C=O) groups excluding carboxylic acids is 1. The van der Waals surface area contributed by atoms with Crippen molar-refractivity contribution in [1.29, 1.82) is 0 Å². The third kappa shape index (κ3) is 4.37. The van der Waals surface area contributed by atoms with Crippen molar-refractivity contribution in [3.05, 3.63) is 59.7 Å². The van der Waals surface area contributed by atoms with Gasteiger partial charge in [-0.25, -0.2) is 0 Å². The zero-order valence-electron chi connectivity index (χ0n) is 13.7. The maximum Gasteiger partial charge on any atom is 0.416 e. The quantitative estimate of drug-likeness (QED) is 0.790. The Morgan fingerprint density at radius 2 is 1.71 bits per heavy atom. The van der Waals surface area contributed by atoms with Gasteiger partial charge >= 0.3 is 6.18 Å². The summed E-state index contributed by atoms with van der Waals surface area (Å²) in [7, 11) is 0. The average molecular weight is 335 g/mol. The zero-order valence-corrected chi connectivity index (χ0v) is 13.7. The second kappa shape index (κ2) is 7.51. The molecule has 0 aliphatic carbocycles. The first-order chi connectivity index (χ1) is 11.3. The van der Waals surface area contributed by atoms with Crippen LogP contribution in [0.2, 0.25) is 0 Å². The van der Waals surface area contributed by atoms with E-state index in [-0.39, 0.29) is 11.9 Å². The number of alkyl halides is 3. The lowest BCUT2D eigenvalue weighted by atomic mass is 9.98. The van der Waals surface area contributed by atoms with E-state index in [1.54, 1.807) is 24.3 Å². The molecule has 0 saturated heterocycles. The minimum atomic E-state index is -4.37. The number of hydrogen-bond acceptors (Lipinski definition) is 1. The lowest BCUT2D eigenvalue weighted by molar-refractivity contribution is -0.137. The fraction of sp³-hybridized carbons (Fsp3) is 0.316. The zero-order chi connectivity index (χ0) is 17.7. The van der Waals surface area contributed by atoms with Crippen molar-refractivity contribution in [1.82, 2.24) is 5.32 Å². The fourth-order valence-corrected chi connectivity index (χ4v) is 2.58. The highest BCUT2D eigenvalue weighted by molar-refractivity contribution is 6.01. The number of benzene rings is 2. The van der Waals surface area contributed by atoms with Crippen LogP contribution in [0.4, 0.5) is 13.2 Å². The van der Waals surface area contributed by atoms with Crippen LogP contribution in [0.25, 0.3) is 11.1 Å². The van der Waals surface area contributed by atoms with Gasteiger partial charge in [-0.05, 0) is 42.7 Å². The molecule has 1 amide bonds. The first-order valence-corrected chi connectivity index (χ1v) is 7.90. The Balaban J connectivity index is 2.30. The highest BCUT2D eigenvalue weighted by Crippen LogP contribution is 2.31. The van der Waals surface area contributed by atoms with Crippen LogP contribution < -0.4 is 5.32 Å². The van der Waals surface area contributed by atoms with Crippen LogP contribution in [0.15, 0.2) is 48.5 Å². The number of amides is 1. The molecule has 5 heteroatoms. The van der Waals surface area contributed by atoms with Crippen LogP contribution in [0.1, 0.15) is 42.6 Å². The molecule has 1 atom stereocenters. The summed E-state index contributed by atoms with van der Waals surface area (Å²) in [6.45, 7) is 3.97. The van der Waals surface area contributed by atoms with E-state index in [1.165, 1.54) is 12.1 Å². The lowest BCUT2D eigenvalue weighted by Crippen LogP contribution is -2.32. The Kier molecular flexibility index (Phi) is 5.65. The Labute approximate surface area is 139 Å². The molecule has 0 radical (unpaired) electrons. The van der Waals surface area contributed by atoms with Gasteiger partial charge in [0.2, 0.25) is 0 Å². The summed E-state index contributed by atoms with van der Waals surface area (Å²) in [5, 5.41) is 2.92. The summed E-state index contributed by atoms with van der Waals surface area (Å²) < 4.78 is 38.0. The number of carbonyl (C=O) groups is 1. The Bertz CT molecular complexity index is 693. The molecule has 0 saturated carbocycles.